The van der Waals surface area contributed by atoms with Crippen LogP contribution in [0.4, 0.5) is 5.69 Å². The van der Waals surface area contributed by atoms with Gasteiger partial charge in [0.2, 0.25) is 5.91 Å². The Bertz CT molecular complexity index is 809. The van der Waals surface area contributed by atoms with Gasteiger partial charge in [-0.05, 0) is 68.9 Å². The number of benzene rings is 2. The summed E-state index contributed by atoms with van der Waals surface area (Å²) in [5.41, 5.74) is 4.96. The van der Waals surface area contributed by atoms with Crippen LogP contribution in [0.15, 0.2) is 36.4 Å². The first-order valence-corrected chi connectivity index (χ1v) is 11.1. The number of anilines is 1. The Morgan fingerprint density at radius 1 is 1.00 bits per heavy atom. The van der Waals surface area contributed by atoms with Gasteiger partial charge in [0.15, 0.2) is 0 Å². The number of carbonyl (C=O) groups excluding carboxylic acids is 1. The Kier molecular flexibility index (Phi) is 7.00. The van der Waals surface area contributed by atoms with Gasteiger partial charge in [-0.1, -0.05) is 62.4 Å². The number of aryl methyl sites for hydroxylation is 3. The second kappa shape index (κ2) is 9.47. The molecule has 1 amide bonds. The van der Waals surface area contributed by atoms with Crippen LogP contribution in [0, 0.1) is 20.8 Å². The summed E-state index contributed by atoms with van der Waals surface area (Å²) in [5, 5.41) is 3.25. The molecule has 1 fully saturated rings. The summed E-state index contributed by atoms with van der Waals surface area (Å²) in [6, 6.07) is 12.6. The molecular weight excluding hydrogens is 358 g/mol. The summed E-state index contributed by atoms with van der Waals surface area (Å²) < 4.78 is 5.97. The van der Waals surface area contributed by atoms with E-state index < -0.39 is 5.41 Å². The van der Waals surface area contributed by atoms with Crippen LogP contribution in [0.2, 0.25) is 0 Å². The van der Waals surface area contributed by atoms with E-state index in [1.807, 2.05) is 12.1 Å². The number of hydrogen-bond acceptors (Lipinski definition) is 2. The van der Waals surface area contributed by atoms with Gasteiger partial charge in [-0.25, -0.2) is 0 Å². The molecule has 1 N–H and O–H groups in total. The molecule has 1 aliphatic rings. The van der Waals surface area contributed by atoms with Crippen molar-refractivity contribution in [2.75, 3.05) is 11.9 Å². The molecule has 3 heteroatoms. The smallest absolute Gasteiger partial charge is 0.235 e. The van der Waals surface area contributed by atoms with Crippen molar-refractivity contribution in [3.63, 3.8) is 0 Å². The van der Waals surface area contributed by atoms with Crippen molar-refractivity contribution in [1.29, 1.82) is 0 Å². The fourth-order valence-electron chi connectivity index (χ4n) is 4.49. The third kappa shape index (κ3) is 4.83. The summed E-state index contributed by atoms with van der Waals surface area (Å²) in [6.45, 7) is 9.10. The van der Waals surface area contributed by atoms with Crippen molar-refractivity contribution in [3.05, 3.63) is 58.7 Å². The van der Waals surface area contributed by atoms with Crippen molar-refractivity contribution in [3.8, 4) is 5.75 Å². The van der Waals surface area contributed by atoms with E-state index in [4.69, 9.17) is 4.74 Å². The van der Waals surface area contributed by atoms with E-state index in [-0.39, 0.29) is 5.91 Å². The number of nitrogens with one attached hydrogen (secondary N) is 1. The molecule has 2 aromatic carbocycles. The number of rotatable bonds is 7. The van der Waals surface area contributed by atoms with Crippen LogP contribution in [0.1, 0.15) is 74.1 Å². The Balaban J connectivity index is 1.84. The maximum Gasteiger partial charge on any atom is 0.235 e. The summed E-state index contributed by atoms with van der Waals surface area (Å²) in [6.07, 6.45) is 7.41. The molecule has 0 radical (unpaired) electrons. The molecule has 0 bridgehead atoms. The Morgan fingerprint density at radius 2 is 1.62 bits per heavy atom. The fourth-order valence-corrected chi connectivity index (χ4v) is 4.49. The van der Waals surface area contributed by atoms with Crippen LogP contribution in [-0.2, 0) is 10.2 Å². The SMILES string of the molecule is CCCCOc1c(C)cc(NC(=O)C2(c3ccc(C)cc3)CCCCC2)cc1C. The molecule has 0 unspecified atom stereocenters. The van der Waals surface area contributed by atoms with E-state index >= 15 is 0 Å². The largest absolute Gasteiger partial charge is 0.493 e. The molecule has 3 nitrogen and oxygen atoms in total. The Labute approximate surface area is 175 Å². The molecule has 0 aliphatic heterocycles. The highest BCUT2D eigenvalue weighted by Gasteiger charge is 2.41. The van der Waals surface area contributed by atoms with Gasteiger partial charge in [0.25, 0.3) is 0 Å². The van der Waals surface area contributed by atoms with E-state index in [2.05, 4.69) is 57.3 Å². The molecule has 0 spiro atoms. The minimum Gasteiger partial charge on any atom is -0.493 e. The molecule has 0 aromatic heterocycles. The van der Waals surface area contributed by atoms with Crippen LogP contribution in [0.5, 0.6) is 5.75 Å². The second-order valence-corrected chi connectivity index (χ2v) is 8.60. The Hall–Kier alpha value is -2.29. The summed E-state index contributed by atoms with van der Waals surface area (Å²) in [5.74, 6) is 1.07. The third-order valence-electron chi connectivity index (χ3n) is 6.21. The lowest BCUT2D eigenvalue weighted by molar-refractivity contribution is -0.122. The normalized spacial score (nSPS) is 15.7. The maximum atomic E-state index is 13.6. The number of amides is 1. The van der Waals surface area contributed by atoms with Gasteiger partial charge in [-0.2, -0.15) is 0 Å². The molecular formula is C26H35NO2. The lowest BCUT2D eigenvalue weighted by atomic mass is 9.68. The van der Waals surface area contributed by atoms with Crippen LogP contribution in [0.25, 0.3) is 0 Å². The van der Waals surface area contributed by atoms with E-state index in [9.17, 15) is 4.79 Å². The average molecular weight is 394 g/mol. The molecule has 156 valence electrons. The fraction of sp³-hybridized carbons (Fsp3) is 0.500. The first kappa shape index (κ1) is 21.4. The van der Waals surface area contributed by atoms with E-state index in [0.29, 0.717) is 0 Å². The average Bonchev–Trinajstić information content (AvgIpc) is 2.71. The van der Waals surface area contributed by atoms with Gasteiger partial charge in [-0.3, -0.25) is 4.79 Å². The highest BCUT2D eigenvalue weighted by Crippen LogP contribution is 2.41. The van der Waals surface area contributed by atoms with Gasteiger partial charge in [0.05, 0.1) is 12.0 Å². The zero-order valence-corrected chi connectivity index (χ0v) is 18.4. The van der Waals surface area contributed by atoms with E-state index in [0.717, 1.165) is 73.3 Å². The predicted octanol–water partition coefficient (Wildman–Crippen LogP) is 6.63. The molecule has 1 saturated carbocycles. The van der Waals surface area contributed by atoms with Gasteiger partial charge in [0, 0.05) is 5.69 Å². The molecule has 1 aliphatic carbocycles. The molecule has 0 atom stereocenters. The number of ether oxygens (including phenoxy) is 1. The lowest BCUT2D eigenvalue weighted by Gasteiger charge is -2.36. The minimum atomic E-state index is -0.427. The third-order valence-corrected chi connectivity index (χ3v) is 6.21. The first-order valence-electron chi connectivity index (χ1n) is 11.1. The zero-order chi connectivity index (χ0) is 20.9. The highest BCUT2D eigenvalue weighted by atomic mass is 16.5. The standard InChI is InChI=1S/C26H35NO2/c1-5-6-16-29-24-20(3)17-23(18-21(24)4)27-25(28)26(14-8-7-9-15-26)22-12-10-19(2)11-13-22/h10-13,17-18H,5-9,14-16H2,1-4H3,(H,27,28). The number of carbonyl (C=O) groups is 1. The topological polar surface area (TPSA) is 38.3 Å². The van der Waals surface area contributed by atoms with Crippen LogP contribution < -0.4 is 10.1 Å². The lowest BCUT2D eigenvalue weighted by Crippen LogP contribution is -2.42. The van der Waals surface area contributed by atoms with Crippen LogP contribution in [-0.4, -0.2) is 12.5 Å². The quantitative estimate of drug-likeness (QED) is 0.536. The van der Waals surface area contributed by atoms with Crippen molar-refractivity contribution in [1.82, 2.24) is 0 Å². The zero-order valence-electron chi connectivity index (χ0n) is 18.4. The summed E-state index contributed by atoms with van der Waals surface area (Å²) in [7, 11) is 0. The monoisotopic (exact) mass is 393 g/mol. The predicted molar refractivity (Wildman–Crippen MR) is 121 cm³/mol. The van der Waals surface area contributed by atoms with Gasteiger partial charge in [-0.15, -0.1) is 0 Å². The molecule has 2 aromatic rings. The number of hydrogen-bond donors (Lipinski definition) is 1. The molecule has 0 saturated heterocycles. The first-order chi connectivity index (χ1) is 14.0. The second-order valence-electron chi connectivity index (χ2n) is 8.60. The van der Waals surface area contributed by atoms with Crippen molar-refractivity contribution >= 4 is 11.6 Å². The van der Waals surface area contributed by atoms with Crippen molar-refractivity contribution in [2.24, 2.45) is 0 Å². The van der Waals surface area contributed by atoms with Crippen LogP contribution >= 0.6 is 0 Å². The van der Waals surface area contributed by atoms with Gasteiger partial charge < -0.3 is 10.1 Å². The number of unbranched alkanes of at least 4 members (excludes halogenated alkanes) is 1. The summed E-state index contributed by atoms with van der Waals surface area (Å²) in [4.78, 5) is 13.6. The highest BCUT2D eigenvalue weighted by molar-refractivity contribution is 5.99. The van der Waals surface area contributed by atoms with E-state index in [1.54, 1.807) is 0 Å². The molecule has 3 rings (SSSR count). The Morgan fingerprint density at radius 3 is 2.21 bits per heavy atom. The van der Waals surface area contributed by atoms with Crippen molar-refractivity contribution in [2.45, 2.75) is 78.1 Å². The van der Waals surface area contributed by atoms with E-state index in [1.165, 1.54) is 12.0 Å². The molecule has 0 heterocycles. The van der Waals surface area contributed by atoms with Gasteiger partial charge >= 0.3 is 0 Å². The summed E-state index contributed by atoms with van der Waals surface area (Å²) >= 11 is 0. The van der Waals surface area contributed by atoms with Gasteiger partial charge in [0.1, 0.15) is 5.75 Å². The minimum absolute atomic E-state index is 0.125. The molecule has 29 heavy (non-hydrogen) atoms. The maximum absolute atomic E-state index is 13.6. The van der Waals surface area contributed by atoms with Crippen molar-refractivity contribution < 1.29 is 9.53 Å². The van der Waals surface area contributed by atoms with Crippen LogP contribution in [0.3, 0.4) is 0 Å².